The lowest BCUT2D eigenvalue weighted by atomic mass is 10.1. The molecule has 182 valence electrons. The predicted octanol–water partition coefficient (Wildman–Crippen LogP) is 2.71. The molecule has 11 heteroatoms. The fourth-order valence-electron chi connectivity index (χ4n) is 3.58. The zero-order chi connectivity index (χ0) is 25.1. The van der Waals surface area contributed by atoms with E-state index in [0.717, 1.165) is 27.3 Å². The van der Waals surface area contributed by atoms with Crippen molar-refractivity contribution in [2.45, 2.75) is 45.6 Å². The lowest BCUT2D eigenvalue weighted by Crippen LogP contribution is -2.38. The maximum absolute atomic E-state index is 12.9. The first kappa shape index (κ1) is 26.6. The van der Waals surface area contributed by atoms with Crippen molar-refractivity contribution in [2.24, 2.45) is 0 Å². The molecule has 33 heavy (non-hydrogen) atoms. The standard InChI is InChI=1S/C22H31N3O6S2/c1-14(2)24-33(29,30)18-8-9-20(31-6)19(12-18)23-21(26)13-25(32(7,27)28)22-16(4)10-15(3)11-17(22)5/h8-12,14,24H,13H2,1-7H3,(H,23,26). The number of carbonyl (C=O) groups is 1. The molecule has 0 aliphatic carbocycles. The molecule has 0 bridgehead atoms. The molecule has 0 spiro atoms. The lowest BCUT2D eigenvalue weighted by molar-refractivity contribution is -0.114. The van der Waals surface area contributed by atoms with Crippen molar-refractivity contribution >= 4 is 37.3 Å². The number of amides is 1. The summed E-state index contributed by atoms with van der Waals surface area (Å²) in [6.45, 7) is 8.36. The normalized spacial score (nSPS) is 12.0. The van der Waals surface area contributed by atoms with Crippen LogP contribution in [0.25, 0.3) is 0 Å². The highest BCUT2D eigenvalue weighted by atomic mass is 32.2. The molecule has 0 atom stereocenters. The first-order valence-electron chi connectivity index (χ1n) is 10.2. The summed E-state index contributed by atoms with van der Waals surface area (Å²) in [7, 11) is -6.22. The van der Waals surface area contributed by atoms with Gasteiger partial charge in [-0.3, -0.25) is 9.10 Å². The highest BCUT2D eigenvalue weighted by molar-refractivity contribution is 7.92. The number of benzene rings is 2. The summed E-state index contributed by atoms with van der Waals surface area (Å²) in [5.41, 5.74) is 2.96. The Morgan fingerprint density at radius 3 is 2.09 bits per heavy atom. The van der Waals surface area contributed by atoms with Gasteiger partial charge in [0, 0.05) is 6.04 Å². The number of rotatable bonds is 9. The van der Waals surface area contributed by atoms with Crippen molar-refractivity contribution in [1.29, 1.82) is 0 Å². The van der Waals surface area contributed by atoms with E-state index >= 15 is 0 Å². The average Bonchev–Trinajstić information content (AvgIpc) is 2.64. The Hall–Kier alpha value is -2.63. The van der Waals surface area contributed by atoms with Crippen LogP contribution in [-0.4, -0.2) is 48.7 Å². The van der Waals surface area contributed by atoms with Crippen molar-refractivity contribution in [2.75, 3.05) is 29.5 Å². The zero-order valence-corrected chi connectivity index (χ0v) is 21.5. The maximum atomic E-state index is 12.9. The van der Waals surface area contributed by atoms with E-state index in [0.29, 0.717) is 5.69 Å². The molecule has 0 aliphatic heterocycles. The molecular formula is C22H31N3O6S2. The highest BCUT2D eigenvalue weighted by Crippen LogP contribution is 2.30. The van der Waals surface area contributed by atoms with Gasteiger partial charge < -0.3 is 10.1 Å². The van der Waals surface area contributed by atoms with Crippen LogP contribution in [-0.2, 0) is 24.8 Å². The van der Waals surface area contributed by atoms with Gasteiger partial charge in [0.2, 0.25) is 26.0 Å². The molecule has 2 N–H and O–H groups in total. The number of aryl methyl sites for hydroxylation is 3. The topological polar surface area (TPSA) is 122 Å². The smallest absolute Gasteiger partial charge is 0.245 e. The van der Waals surface area contributed by atoms with Gasteiger partial charge in [-0.15, -0.1) is 0 Å². The third-order valence-corrected chi connectivity index (χ3v) is 7.49. The lowest BCUT2D eigenvalue weighted by Gasteiger charge is -2.26. The van der Waals surface area contributed by atoms with E-state index in [-0.39, 0.29) is 22.4 Å². The van der Waals surface area contributed by atoms with Crippen molar-refractivity contribution in [3.8, 4) is 5.75 Å². The Labute approximate surface area is 196 Å². The Balaban J connectivity index is 2.41. The van der Waals surface area contributed by atoms with Crippen LogP contribution in [0.2, 0.25) is 0 Å². The minimum atomic E-state index is -3.81. The van der Waals surface area contributed by atoms with E-state index in [1.165, 1.54) is 25.3 Å². The first-order chi connectivity index (χ1) is 15.2. The van der Waals surface area contributed by atoms with E-state index < -0.39 is 32.5 Å². The van der Waals surface area contributed by atoms with Gasteiger partial charge in [-0.05, 0) is 63.9 Å². The molecule has 1 amide bonds. The largest absolute Gasteiger partial charge is 0.495 e. The summed E-state index contributed by atoms with van der Waals surface area (Å²) in [4.78, 5) is 12.8. The quantitative estimate of drug-likeness (QED) is 0.549. The van der Waals surface area contributed by atoms with Crippen molar-refractivity contribution in [1.82, 2.24) is 4.72 Å². The second kappa shape index (κ2) is 10.1. The van der Waals surface area contributed by atoms with Gasteiger partial charge in [0.1, 0.15) is 12.3 Å². The number of sulfonamides is 2. The third kappa shape index (κ3) is 6.68. The molecule has 2 aromatic carbocycles. The van der Waals surface area contributed by atoms with Crippen LogP contribution in [0.5, 0.6) is 5.75 Å². The molecule has 9 nitrogen and oxygen atoms in total. The fourth-order valence-corrected chi connectivity index (χ4v) is 5.83. The number of carbonyl (C=O) groups excluding carboxylic acids is 1. The molecule has 0 aliphatic rings. The minimum absolute atomic E-state index is 0.0579. The van der Waals surface area contributed by atoms with E-state index in [1.54, 1.807) is 27.7 Å². The van der Waals surface area contributed by atoms with E-state index in [9.17, 15) is 21.6 Å². The summed E-state index contributed by atoms with van der Waals surface area (Å²) in [6, 6.07) is 7.43. The van der Waals surface area contributed by atoms with Crippen molar-refractivity contribution in [3.63, 3.8) is 0 Å². The summed E-state index contributed by atoms with van der Waals surface area (Å²) in [6.07, 6.45) is 1.03. The van der Waals surface area contributed by atoms with E-state index in [4.69, 9.17) is 4.74 Å². The van der Waals surface area contributed by atoms with Gasteiger partial charge in [0.05, 0.1) is 29.6 Å². The molecule has 0 unspecified atom stereocenters. The number of methoxy groups -OCH3 is 1. The van der Waals surface area contributed by atoms with Crippen molar-refractivity contribution in [3.05, 3.63) is 47.0 Å². The molecule has 0 radical (unpaired) electrons. The monoisotopic (exact) mass is 497 g/mol. The van der Waals surface area contributed by atoms with Crippen LogP contribution in [0, 0.1) is 20.8 Å². The van der Waals surface area contributed by atoms with Gasteiger partial charge in [-0.2, -0.15) is 0 Å². The number of hydrogen-bond donors (Lipinski definition) is 2. The molecule has 0 heterocycles. The summed E-state index contributed by atoms with van der Waals surface area (Å²) in [5, 5.41) is 2.59. The summed E-state index contributed by atoms with van der Waals surface area (Å²) >= 11 is 0. The van der Waals surface area contributed by atoms with Gasteiger partial charge in [-0.1, -0.05) is 17.7 Å². The number of hydrogen-bond acceptors (Lipinski definition) is 6. The van der Waals surface area contributed by atoms with Crippen LogP contribution in [0.3, 0.4) is 0 Å². The van der Waals surface area contributed by atoms with Crippen LogP contribution in [0.4, 0.5) is 11.4 Å². The van der Waals surface area contributed by atoms with Gasteiger partial charge in [0.25, 0.3) is 0 Å². The number of ether oxygens (including phenoxy) is 1. The molecular weight excluding hydrogens is 466 g/mol. The Morgan fingerprint density at radius 1 is 1.03 bits per heavy atom. The number of anilines is 2. The minimum Gasteiger partial charge on any atom is -0.495 e. The van der Waals surface area contributed by atoms with Gasteiger partial charge in [-0.25, -0.2) is 21.6 Å². The number of nitrogens with zero attached hydrogens (tertiary/aromatic N) is 1. The SMILES string of the molecule is COc1ccc(S(=O)(=O)NC(C)C)cc1NC(=O)CN(c1c(C)cc(C)cc1C)S(C)(=O)=O. The van der Waals surface area contributed by atoms with E-state index in [1.807, 2.05) is 19.1 Å². The third-order valence-electron chi connectivity index (χ3n) is 4.72. The average molecular weight is 498 g/mol. The predicted molar refractivity (Wildman–Crippen MR) is 130 cm³/mol. The van der Waals surface area contributed by atoms with Crippen LogP contribution >= 0.6 is 0 Å². The molecule has 0 fully saturated rings. The maximum Gasteiger partial charge on any atom is 0.245 e. The fraction of sp³-hybridized carbons (Fsp3) is 0.409. The Bertz CT molecular complexity index is 1230. The second-order valence-corrected chi connectivity index (χ2v) is 11.8. The van der Waals surface area contributed by atoms with Crippen LogP contribution in [0.1, 0.15) is 30.5 Å². The Kier molecular flexibility index (Phi) is 8.15. The van der Waals surface area contributed by atoms with Crippen LogP contribution < -0.4 is 19.1 Å². The summed E-state index contributed by atoms with van der Waals surface area (Å²) in [5.74, 6) is -0.412. The zero-order valence-electron chi connectivity index (χ0n) is 19.9. The Morgan fingerprint density at radius 2 is 1.61 bits per heavy atom. The molecule has 0 saturated carbocycles. The van der Waals surface area contributed by atoms with Crippen LogP contribution in [0.15, 0.2) is 35.2 Å². The van der Waals surface area contributed by atoms with Gasteiger partial charge in [0.15, 0.2) is 0 Å². The second-order valence-electron chi connectivity index (χ2n) is 8.20. The summed E-state index contributed by atoms with van der Waals surface area (Å²) < 4.78 is 58.9. The van der Waals surface area contributed by atoms with E-state index in [2.05, 4.69) is 10.0 Å². The molecule has 2 rings (SSSR count). The number of nitrogens with one attached hydrogen (secondary N) is 2. The first-order valence-corrected chi connectivity index (χ1v) is 13.5. The van der Waals surface area contributed by atoms with Gasteiger partial charge >= 0.3 is 0 Å². The molecule has 0 aromatic heterocycles. The van der Waals surface area contributed by atoms with Crippen molar-refractivity contribution < 1.29 is 26.4 Å². The highest BCUT2D eigenvalue weighted by Gasteiger charge is 2.25. The molecule has 2 aromatic rings. The molecule has 0 saturated heterocycles.